The predicted molar refractivity (Wildman–Crippen MR) is 89.6 cm³/mol. The van der Waals surface area contributed by atoms with Gasteiger partial charge in [-0.25, -0.2) is 4.98 Å². The van der Waals surface area contributed by atoms with Crippen molar-refractivity contribution in [3.63, 3.8) is 0 Å². The van der Waals surface area contributed by atoms with Crippen molar-refractivity contribution in [1.82, 2.24) is 19.6 Å². The molecule has 1 N–H and O–H groups in total. The molecule has 122 valence electrons. The van der Waals surface area contributed by atoms with E-state index in [1.165, 1.54) is 12.8 Å². The summed E-state index contributed by atoms with van der Waals surface area (Å²) in [5.41, 5.74) is 2.63. The number of hydrogen-bond donors (Lipinski definition) is 1. The van der Waals surface area contributed by atoms with Crippen LogP contribution in [-0.4, -0.2) is 44.9 Å². The Morgan fingerprint density at radius 2 is 2.04 bits per heavy atom. The van der Waals surface area contributed by atoms with Crippen molar-refractivity contribution in [3.8, 4) is 0 Å². The van der Waals surface area contributed by atoms with E-state index in [9.17, 15) is 4.79 Å². The fourth-order valence-corrected chi connectivity index (χ4v) is 4.35. The molecule has 0 saturated carbocycles. The molecule has 0 radical (unpaired) electrons. The number of piperidine rings is 3. The number of aromatic nitrogens is 2. The minimum absolute atomic E-state index is 0.0181. The summed E-state index contributed by atoms with van der Waals surface area (Å²) in [7, 11) is 0. The van der Waals surface area contributed by atoms with Gasteiger partial charge < -0.3 is 9.72 Å². The van der Waals surface area contributed by atoms with Gasteiger partial charge in [-0.15, -0.1) is 0 Å². The molecule has 3 fully saturated rings. The summed E-state index contributed by atoms with van der Waals surface area (Å²) in [6, 6.07) is 4.25. The first-order chi connectivity index (χ1) is 11.0. The summed E-state index contributed by atoms with van der Waals surface area (Å²) >= 11 is 0. The molecule has 5 rings (SSSR count). The van der Waals surface area contributed by atoms with Crippen molar-refractivity contribution in [2.75, 3.05) is 13.1 Å². The van der Waals surface area contributed by atoms with Gasteiger partial charge >= 0.3 is 0 Å². The molecule has 1 amide bonds. The topological polar surface area (TPSA) is 49.6 Å². The van der Waals surface area contributed by atoms with Gasteiger partial charge in [0.05, 0.1) is 11.7 Å². The van der Waals surface area contributed by atoms with Crippen LogP contribution in [0.25, 0.3) is 5.52 Å². The van der Waals surface area contributed by atoms with Crippen LogP contribution < -0.4 is 5.32 Å². The Morgan fingerprint density at radius 1 is 1.30 bits per heavy atom. The third kappa shape index (κ3) is 2.26. The molecule has 2 aromatic heterocycles. The Balaban J connectivity index is 1.60. The first kappa shape index (κ1) is 14.7. The second-order valence-corrected chi connectivity index (χ2v) is 7.47. The van der Waals surface area contributed by atoms with Crippen molar-refractivity contribution in [2.45, 2.75) is 45.2 Å². The maximum absolute atomic E-state index is 12.7. The van der Waals surface area contributed by atoms with Crippen LogP contribution in [0.2, 0.25) is 0 Å². The van der Waals surface area contributed by atoms with E-state index in [-0.39, 0.29) is 17.5 Å². The maximum atomic E-state index is 12.7. The third-order valence-electron chi connectivity index (χ3n) is 5.85. The van der Waals surface area contributed by atoms with Crippen molar-refractivity contribution in [3.05, 3.63) is 35.9 Å². The smallest absolute Gasteiger partial charge is 0.271 e. The van der Waals surface area contributed by atoms with Gasteiger partial charge in [-0.05, 0) is 64.8 Å². The Hall–Kier alpha value is -1.88. The molecule has 0 aliphatic carbocycles. The van der Waals surface area contributed by atoms with Crippen molar-refractivity contribution < 1.29 is 4.79 Å². The zero-order valence-corrected chi connectivity index (χ0v) is 14.0. The van der Waals surface area contributed by atoms with E-state index < -0.39 is 0 Å². The lowest BCUT2D eigenvalue weighted by atomic mass is 9.72. The lowest BCUT2D eigenvalue weighted by molar-refractivity contribution is -0.0378. The normalized spacial score (nSPS) is 28.9. The van der Waals surface area contributed by atoms with Crippen LogP contribution in [0, 0.1) is 12.8 Å². The van der Waals surface area contributed by atoms with Gasteiger partial charge in [-0.3, -0.25) is 9.69 Å². The molecular formula is C18H24N4O. The molecule has 23 heavy (non-hydrogen) atoms. The number of hydrogen-bond acceptors (Lipinski definition) is 3. The molecule has 2 aromatic rings. The second-order valence-electron chi connectivity index (χ2n) is 7.47. The maximum Gasteiger partial charge on any atom is 0.271 e. The van der Waals surface area contributed by atoms with Crippen LogP contribution in [0.4, 0.5) is 0 Å². The van der Waals surface area contributed by atoms with Crippen LogP contribution in [0.1, 0.15) is 42.9 Å². The minimum Gasteiger partial charge on any atom is -0.346 e. The van der Waals surface area contributed by atoms with Crippen LogP contribution in [0.3, 0.4) is 0 Å². The number of carbonyl (C=O) groups excluding carboxylic acids is 1. The molecule has 0 spiro atoms. The number of aryl methyl sites for hydroxylation is 1. The number of amides is 1. The third-order valence-corrected chi connectivity index (χ3v) is 5.85. The monoisotopic (exact) mass is 312 g/mol. The van der Waals surface area contributed by atoms with E-state index in [1.807, 2.05) is 29.7 Å². The fourth-order valence-electron chi connectivity index (χ4n) is 4.35. The molecule has 3 saturated heterocycles. The van der Waals surface area contributed by atoms with E-state index in [0.717, 1.165) is 24.3 Å². The average molecular weight is 312 g/mol. The molecule has 3 aliphatic heterocycles. The van der Waals surface area contributed by atoms with Crippen LogP contribution in [-0.2, 0) is 0 Å². The van der Waals surface area contributed by atoms with E-state index in [1.54, 1.807) is 6.20 Å². The van der Waals surface area contributed by atoms with Crippen molar-refractivity contribution >= 4 is 11.4 Å². The largest absolute Gasteiger partial charge is 0.346 e. The standard InChI is InChI=1S/C18H24N4O/c1-12-4-5-14-10-19-15(11-22(12)14)17(23)20-16-13-6-8-21(9-7-13)18(16,2)3/h4-5,10-11,13,16H,6-9H2,1-3H3,(H,20,23)/t16-/m0/s1. The molecule has 5 nitrogen and oxygen atoms in total. The molecule has 5 heterocycles. The molecule has 1 atom stereocenters. The van der Waals surface area contributed by atoms with Gasteiger partial charge in [-0.1, -0.05) is 0 Å². The first-order valence-corrected chi connectivity index (χ1v) is 8.46. The molecule has 3 aliphatic rings. The molecule has 0 aromatic carbocycles. The lowest BCUT2D eigenvalue weighted by Crippen LogP contribution is -2.69. The first-order valence-electron chi connectivity index (χ1n) is 8.46. The Bertz CT molecular complexity index is 755. The Kier molecular flexibility index (Phi) is 3.23. The van der Waals surface area contributed by atoms with Crippen LogP contribution in [0.5, 0.6) is 0 Å². The number of nitrogens with zero attached hydrogens (tertiary/aromatic N) is 3. The summed E-state index contributed by atoms with van der Waals surface area (Å²) in [5.74, 6) is 0.517. The van der Waals surface area contributed by atoms with Gasteiger partial charge in [0, 0.05) is 23.5 Å². The quantitative estimate of drug-likeness (QED) is 0.925. The Labute approximate surface area is 136 Å². The number of rotatable bonds is 2. The fraction of sp³-hybridized carbons (Fsp3) is 0.556. The number of fused-ring (bicyclic) bond motifs is 4. The highest BCUT2D eigenvalue weighted by Gasteiger charge is 2.48. The average Bonchev–Trinajstić information content (AvgIpc) is 2.92. The molecule has 0 unspecified atom stereocenters. The summed E-state index contributed by atoms with van der Waals surface area (Å²) in [5, 5.41) is 3.28. The molecular weight excluding hydrogens is 288 g/mol. The van der Waals surface area contributed by atoms with E-state index in [2.05, 4.69) is 29.0 Å². The van der Waals surface area contributed by atoms with Gasteiger partial charge in [0.25, 0.3) is 5.91 Å². The minimum atomic E-state index is -0.0631. The SMILES string of the molecule is Cc1ccc2cnc(C(=O)N[C@H]3C4CCN(CC4)C3(C)C)cn12. The van der Waals surface area contributed by atoms with Crippen LogP contribution >= 0.6 is 0 Å². The zero-order valence-electron chi connectivity index (χ0n) is 14.0. The van der Waals surface area contributed by atoms with Gasteiger partial charge in [0.1, 0.15) is 5.69 Å². The highest BCUT2D eigenvalue weighted by Crippen LogP contribution is 2.39. The van der Waals surface area contributed by atoms with Crippen LogP contribution in [0.15, 0.2) is 24.5 Å². The zero-order chi connectivity index (χ0) is 16.2. The second kappa shape index (κ2) is 5.06. The van der Waals surface area contributed by atoms with E-state index >= 15 is 0 Å². The molecule has 5 heteroatoms. The van der Waals surface area contributed by atoms with Crippen molar-refractivity contribution in [1.29, 1.82) is 0 Å². The summed E-state index contributed by atoms with van der Waals surface area (Å²) in [4.78, 5) is 19.6. The number of carbonyl (C=O) groups is 1. The lowest BCUT2D eigenvalue weighted by Gasteiger charge is -2.56. The Morgan fingerprint density at radius 3 is 2.74 bits per heavy atom. The highest BCUT2D eigenvalue weighted by molar-refractivity contribution is 5.92. The van der Waals surface area contributed by atoms with Gasteiger partial charge in [-0.2, -0.15) is 0 Å². The van der Waals surface area contributed by atoms with Gasteiger partial charge in [0.15, 0.2) is 0 Å². The van der Waals surface area contributed by atoms with Gasteiger partial charge in [0.2, 0.25) is 0 Å². The predicted octanol–water partition coefficient (Wildman–Crippen LogP) is 2.25. The van der Waals surface area contributed by atoms with E-state index in [0.29, 0.717) is 11.6 Å². The highest BCUT2D eigenvalue weighted by atomic mass is 16.2. The summed E-state index contributed by atoms with van der Waals surface area (Å²) in [6.45, 7) is 8.82. The molecule has 2 bridgehead atoms. The van der Waals surface area contributed by atoms with E-state index in [4.69, 9.17) is 0 Å². The summed E-state index contributed by atoms with van der Waals surface area (Å²) < 4.78 is 2.02. The number of nitrogens with one attached hydrogen (secondary N) is 1. The van der Waals surface area contributed by atoms with Crippen molar-refractivity contribution in [2.24, 2.45) is 5.92 Å². The summed E-state index contributed by atoms with van der Waals surface area (Å²) in [6.07, 6.45) is 5.97.